The first-order valence-electron chi connectivity index (χ1n) is 9.31. The smallest absolute Gasteiger partial charge is 0.314 e. The summed E-state index contributed by atoms with van der Waals surface area (Å²) in [4.78, 5) is 34.5. The highest BCUT2D eigenvalue weighted by molar-refractivity contribution is 5.80. The lowest BCUT2D eigenvalue weighted by Gasteiger charge is -2.43. The molecule has 1 aromatic heterocycles. The number of carbonyl (C=O) groups is 3. The van der Waals surface area contributed by atoms with E-state index in [0.717, 1.165) is 5.56 Å². The number of carboxylic acids is 1. The molecule has 30 heavy (non-hydrogen) atoms. The van der Waals surface area contributed by atoms with Crippen LogP contribution in [-0.4, -0.2) is 68.0 Å². The minimum atomic E-state index is -1.56. The van der Waals surface area contributed by atoms with Crippen LogP contribution in [0.15, 0.2) is 36.7 Å². The number of aliphatic hydroxyl groups is 1. The van der Waals surface area contributed by atoms with Gasteiger partial charge in [-0.15, -0.1) is 0 Å². The summed E-state index contributed by atoms with van der Waals surface area (Å²) >= 11 is 0. The second-order valence-corrected chi connectivity index (χ2v) is 7.10. The van der Waals surface area contributed by atoms with Crippen molar-refractivity contribution in [2.75, 3.05) is 13.1 Å². The summed E-state index contributed by atoms with van der Waals surface area (Å²) in [6, 6.07) is 5.67. The summed E-state index contributed by atoms with van der Waals surface area (Å²) in [5.41, 5.74) is -0.189. The molecule has 1 saturated heterocycles. The molecule has 0 unspecified atom stereocenters. The van der Waals surface area contributed by atoms with Crippen LogP contribution in [0.3, 0.4) is 0 Å². The van der Waals surface area contributed by atoms with Gasteiger partial charge >= 0.3 is 5.97 Å². The number of carbonyl (C=O) groups excluding carboxylic acids is 1. The second-order valence-electron chi connectivity index (χ2n) is 7.10. The van der Waals surface area contributed by atoms with Gasteiger partial charge in [-0.2, -0.15) is 5.10 Å². The molecule has 2 aromatic rings. The lowest BCUT2D eigenvalue weighted by Crippen LogP contribution is -2.58. The number of halogens is 1. The van der Waals surface area contributed by atoms with Crippen molar-refractivity contribution < 1.29 is 34.1 Å². The number of nitrogens with one attached hydrogen (secondary N) is 1. The minimum Gasteiger partial charge on any atom is -0.483 e. The van der Waals surface area contributed by atoms with Gasteiger partial charge in [0.2, 0.25) is 5.91 Å². The molecule has 0 aliphatic carbocycles. The first kappa shape index (κ1) is 23.0. The maximum absolute atomic E-state index is 13.5. The first-order chi connectivity index (χ1) is 14.3. The molecule has 1 fully saturated rings. The molecule has 1 aliphatic rings. The maximum Gasteiger partial charge on any atom is 0.314 e. The van der Waals surface area contributed by atoms with E-state index < -0.39 is 23.3 Å². The number of benzene rings is 1. The Kier molecular flexibility index (Phi) is 8.05. The van der Waals surface area contributed by atoms with Crippen LogP contribution in [0.5, 0.6) is 0 Å². The highest BCUT2D eigenvalue weighted by atomic mass is 19.1. The van der Waals surface area contributed by atoms with Crippen LogP contribution in [0, 0.1) is 11.2 Å². The molecule has 1 aliphatic heterocycles. The van der Waals surface area contributed by atoms with Gasteiger partial charge in [0, 0.05) is 25.7 Å². The third-order valence-corrected chi connectivity index (χ3v) is 5.15. The van der Waals surface area contributed by atoms with Gasteiger partial charge in [0.1, 0.15) is 11.2 Å². The maximum atomic E-state index is 13.5. The van der Waals surface area contributed by atoms with Crippen molar-refractivity contribution in [3.8, 4) is 0 Å². The average molecular weight is 421 g/mol. The zero-order chi connectivity index (χ0) is 22.1. The molecular weight excluding hydrogens is 397 g/mol. The summed E-state index contributed by atoms with van der Waals surface area (Å²) < 4.78 is 13.5. The predicted molar refractivity (Wildman–Crippen MR) is 103 cm³/mol. The molecule has 162 valence electrons. The lowest BCUT2D eigenvalue weighted by atomic mass is 9.72. The fourth-order valence-corrected chi connectivity index (χ4v) is 3.59. The Morgan fingerprint density at radius 2 is 2.10 bits per heavy atom. The number of hydrogen-bond acceptors (Lipinski definition) is 5. The van der Waals surface area contributed by atoms with E-state index in [9.17, 15) is 24.2 Å². The Hall–Kier alpha value is -3.27. The molecule has 0 saturated carbocycles. The van der Waals surface area contributed by atoms with Gasteiger partial charge in [-0.1, -0.05) is 12.1 Å². The average Bonchev–Trinajstić information content (AvgIpc) is 3.22. The van der Waals surface area contributed by atoms with Crippen molar-refractivity contribution in [2.45, 2.75) is 31.8 Å². The summed E-state index contributed by atoms with van der Waals surface area (Å²) in [5, 5.41) is 33.7. The summed E-state index contributed by atoms with van der Waals surface area (Å²) in [6.07, 6.45) is 3.07. The Morgan fingerprint density at radius 3 is 2.70 bits per heavy atom. The van der Waals surface area contributed by atoms with Gasteiger partial charge in [0.25, 0.3) is 6.47 Å². The van der Waals surface area contributed by atoms with Crippen molar-refractivity contribution >= 4 is 18.3 Å². The van der Waals surface area contributed by atoms with Crippen LogP contribution in [-0.2, 0) is 27.2 Å². The number of likely N-dealkylation sites (tertiary alicyclic amines) is 1. The van der Waals surface area contributed by atoms with Crippen LogP contribution in [0.25, 0.3) is 0 Å². The van der Waals surface area contributed by atoms with E-state index in [2.05, 4.69) is 10.2 Å². The molecular formula is C20H24FN3O6. The van der Waals surface area contributed by atoms with Gasteiger partial charge in [-0.05, 0) is 42.5 Å². The number of aryl methyl sites for hydroxylation is 1. The van der Waals surface area contributed by atoms with Crippen molar-refractivity contribution in [3.63, 3.8) is 0 Å². The van der Waals surface area contributed by atoms with Gasteiger partial charge < -0.3 is 20.2 Å². The molecule has 2 heterocycles. The predicted octanol–water partition coefficient (Wildman–Crippen LogP) is 1.09. The minimum absolute atomic E-state index is 0.0488. The quantitative estimate of drug-likeness (QED) is 0.511. The molecule has 3 rings (SSSR count). The first-order valence-corrected chi connectivity index (χ1v) is 9.31. The second kappa shape index (κ2) is 10.5. The Bertz CT molecular complexity index is 860. The van der Waals surface area contributed by atoms with Crippen LogP contribution in [0.1, 0.15) is 24.0 Å². The van der Waals surface area contributed by atoms with E-state index in [4.69, 9.17) is 9.90 Å². The molecule has 0 radical (unpaired) electrons. The molecule has 10 heteroatoms. The Morgan fingerprint density at radius 1 is 1.37 bits per heavy atom. The third kappa shape index (κ3) is 5.63. The van der Waals surface area contributed by atoms with Crippen molar-refractivity contribution in [3.05, 3.63) is 53.6 Å². The molecule has 1 amide bonds. The molecule has 2 atom stereocenters. The number of aromatic nitrogens is 2. The van der Waals surface area contributed by atoms with E-state index in [0.29, 0.717) is 18.5 Å². The van der Waals surface area contributed by atoms with Crippen molar-refractivity contribution in [1.82, 2.24) is 15.1 Å². The number of carboxylic acid groups (broad SMARTS) is 2. The number of H-pyrrole nitrogens is 1. The van der Waals surface area contributed by atoms with Crippen LogP contribution in [0.4, 0.5) is 4.39 Å². The van der Waals surface area contributed by atoms with E-state index in [-0.39, 0.29) is 38.2 Å². The highest BCUT2D eigenvalue weighted by Crippen LogP contribution is 2.35. The molecule has 1 aromatic carbocycles. The van der Waals surface area contributed by atoms with E-state index in [1.807, 2.05) is 0 Å². The standard InChI is InChI=1S/C19H22FN3O4.CH2O2/c20-15-3-1-2-13(8-15)9-19(18(26)27)12-23(7-6-16(19)24)17(25)5-4-14-10-21-22-11-14;2-1-3/h1-3,8,10-11,16,24H,4-7,9,12H2,(H,21,22)(H,26,27);1H,(H,2,3)/t16-,19-;/m1./s1. The molecule has 4 N–H and O–H groups in total. The van der Waals surface area contributed by atoms with Crippen LogP contribution >= 0.6 is 0 Å². The number of rotatable bonds is 6. The highest BCUT2D eigenvalue weighted by Gasteiger charge is 2.50. The lowest BCUT2D eigenvalue weighted by molar-refractivity contribution is -0.165. The summed E-state index contributed by atoms with van der Waals surface area (Å²) in [7, 11) is 0. The monoisotopic (exact) mass is 421 g/mol. The largest absolute Gasteiger partial charge is 0.483 e. The number of piperidine rings is 1. The summed E-state index contributed by atoms with van der Waals surface area (Å²) in [5.74, 6) is -1.83. The number of hydrogen-bond donors (Lipinski definition) is 4. The van der Waals surface area contributed by atoms with Crippen LogP contribution < -0.4 is 0 Å². The number of aliphatic hydroxyl groups excluding tert-OH is 1. The zero-order valence-electron chi connectivity index (χ0n) is 16.2. The van der Waals surface area contributed by atoms with Crippen LogP contribution in [0.2, 0.25) is 0 Å². The normalized spacial score (nSPS) is 20.7. The fourth-order valence-electron chi connectivity index (χ4n) is 3.59. The van der Waals surface area contributed by atoms with Gasteiger partial charge in [-0.25, -0.2) is 4.39 Å². The van der Waals surface area contributed by atoms with Crippen molar-refractivity contribution in [2.24, 2.45) is 5.41 Å². The number of amides is 1. The van der Waals surface area contributed by atoms with Gasteiger partial charge in [0.05, 0.1) is 12.3 Å². The Balaban J connectivity index is 0.00000101. The zero-order valence-corrected chi connectivity index (χ0v) is 16.2. The number of nitrogens with zero attached hydrogens (tertiary/aromatic N) is 2. The number of aliphatic carboxylic acids is 1. The van der Waals surface area contributed by atoms with Gasteiger partial charge in [0.15, 0.2) is 0 Å². The van der Waals surface area contributed by atoms with E-state index >= 15 is 0 Å². The molecule has 0 bridgehead atoms. The Labute approximate surface area is 172 Å². The third-order valence-electron chi connectivity index (χ3n) is 5.15. The van der Waals surface area contributed by atoms with E-state index in [1.165, 1.54) is 23.1 Å². The molecule has 0 spiro atoms. The van der Waals surface area contributed by atoms with Crippen molar-refractivity contribution in [1.29, 1.82) is 0 Å². The molecule has 9 nitrogen and oxygen atoms in total. The summed E-state index contributed by atoms with van der Waals surface area (Å²) in [6.45, 7) is -0.0617. The van der Waals surface area contributed by atoms with E-state index in [1.54, 1.807) is 18.5 Å². The van der Waals surface area contributed by atoms with Gasteiger partial charge in [-0.3, -0.25) is 19.5 Å². The topological polar surface area (TPSA) is 144 Å². The number of aromatic amines is 1. The fraction of sp³-hybridized carbons (Fsp3) is 0.400. The SMILES string of the molecule is O=C(CCc1cn[nH]c1)N1CC[C@@H](O)[C@](Cc2cccc(F)c2)(C(=O)O)C1.O=CO.